The fourth-order valence-electron chi connectivity index (χ4n) is 4.92. The molecule has 4 nitrogen and oxygen atoms in total. The zero-order valence-electron chi connectivity index (χ0n) is 14.8. The third-order valence-corrected chi connectivity index (χ3v) is 6.30. The second-order valence-electron chi connectivity index (χ2n) is 7.55. The van der Waals surface area contributed by atoms with Gasteiger partial charge < -0.3 is 15.4 Å². The molecule has 3 fully saturated rings. The lowest BCUT2D eigenvalue weighted by molar-refractivity contribution is -0.171. The monoisotopic (exact) mass is 327 g/mol. The van der Waals surface area contributed by atoms with Crippen LogP contribution in [0.2, 0.25) is 0 Å². The lowest BCUT2D eigenvalue weighted by Gasteiger charge is -2.63. The zero-order chi connectivity index (χ0) is 16.6. The van der Waals surface area contributed by atoms with Crippen LogP contribution in [0.3, 0.4) is 0 Å². The summed E-state index contributed by atoms with van der Waals surface area (Å²) < 4.78 is 6.03. The maximum absolute atomic E-state index is 6.03. The third-order valence-electron chi connectivity index (χ3n) is 6.30. The Balaban J connectivity index is 1.45. The second kappa shape index (κ2) is 6.40. The first-order chi connectivity index (χ1) is 11.7. The van der Waals surface area contributed by atoms with Crippen molar-refractivity contribution in [3.63, 3.8) is 0 Å². The molecule has 1 heterocycles. The van der Waals surface area contributed by atoms with Gasteiger partial charge in [-0.05, 0) is 38.7 Å². The minimum absolute atomic E-state index is 0.247. The maximum atomic E-state index is 6.03. The topological polar surface area (TPSA) is 45.7 Å². The van der Waals surface area contributed by atoms with Crippen molar-refractivity contribution < 1.29 is 4.74 Å². The van der Waals surface area contributed by atoms with E-state index in [1.807, 2.05) is 0 Å². The van der Waals surface area contributed by atoms with E-state index >= 15 is 0 Å². The lowest BCUT2D eigenvalue weighted by Crippen LogP contribution is -2.72. The Kier molecular flexibility index (Phi) is 4.25. The number of hydrogen-bond acceptors (Lipinski definition) is 2. The Labute approximate surface area is 145 Å². The average Bonchev–Trinajstić information content (AvgIpc) is 2.97. The van der Waals surface area contributed by atoms with Crippen LogP contribution in [0.1, 0.15) is 51.1 Å². The van der Waals surface area contributed by atoms with Gasteiger partial charge >= 0.3 is 0 Å². The predicted octanol–water partition coefficient (Wildman–Crippen LogP) is 3.26. The number of nitrogens with zero attached hydrogens (tertiary/aromatic N) is 1. The molecule has 0 amide bonds. The van der Waals surface area contributed by atoms with E-state index in [1.165, 1.54) is 31.2 Å². The Morgan fingerprint density at radius 1 is 1.33 bits per heavy atom. The van der Waals surface area contributed by atoms with Crippen molar-refractivity contribution in [3.05, 3.63) is 35.9 Å². The molecule has 1 aliphatic heterocycles. The third kappa shape index (κ3) is 2.52. The van der Waals surface area contributed by atoms with Crippen molar-refractivity contribution in [2.75, 3.05) is 13.2 Å². The number of nitrogens with one attached hydrogen (secondary N) is 2. The lowest BCUT2D eigenvalue weighted by atomic mass is 9.46. The van der Waals surface area contributed by atoms with Crippen LogP contribution in [0.15, 0.2) is 35.3 Å². The van der Waals surface area contributed by atoms with Gasteiger partial charge in [0.1, 0.15) is 0 Å². The summed E-state index contributed by atoms with van der Waals surface area (Å²) in [6, 6.07) is 11.3. The van der Waals surface area contributed by atoms with Crippen molar-refractivity contribution in [1.29, 1.82) is 0 Å². The van der Waals surface area contributed by atoms with Crippen LogP contribution < -0.4 is 10.6 Å². The molecule has 0 aromatic heterocycles. The Hall–Kier alpha value is -1.55. The summed E-state index contributed by atoms with van der Waals surface area (Å²) in [5, 5.41) is 7.38. The molecule has 1 saturated heterocycles. The Morgan fingerprint density at radius 3 is 2.79 bits per heavy atom. The summed E-state index contributed by atoms with van der Waals surface area (Å²) in [6.07, 6.45) is 5.65. The van der Waals surface area contributed by atoms with Crippen molar-refractivity contribution in [3.8, 4) is 0 Å². The Bertz CT molecular complexity index is 596. The molecule has 24 heavy (non-hydrogen) atoms. The summed E-state index contributed by atoms with van der Waals surface area (Å²) in [7, 11) is 0. The van der Waals surface area contributed by atoms with Crippen LogP contribution in [-0.4, -0.2) is 31.3 Å². The summed E-state index contributed by atoms with van der Waals surface area (Å²) >= 11 is 0. The first-order valence-electron chi connectivity index (χ1n) is 9.48. The highest BCUT2D eigenvalue weighted by molar-refractivity contribution is 5.81. The molecule has 4 heteroatoms. The molecule has 2 saturated carbocycles. The van der Waals surface area contributed by atoms with E-state index in [9.17, 15) is 0 Å². The molecule has 4 atom stereocenters. The van der Waals surface area contributed by atoms with Gasteiger partial charge in [-0.1, -0.05) is 36.8 Å². The molecule has 2 aliphatic carbocycles. The molecule has 2 N–H and O–H groups in total. The van der Waals surface area contributed by atoms with E-state index in [1.54, 1.807) is 0 Å². The molecule has 130 valence electrons. The highest BCUT2D eigenvalue weighted by Gasteiger charge is 2.66. The smallest absolute Gasteiger partial charge is 0.191 e. The average molecular weight is 327 g/mol. The van der Waals surface area contributed by atoms with Crippen LogP contribution in [0.5, 0.6) is 0 Å². The summed E-state index contributed by atoms with van der Waals surface area (Å²) in [6.45, 7) is 6.02. The van der Waals surface area contributed by atoms with Gasteiger partial charge in [-0.2, -0.15) is 0 Å². The summed E-state index contributed by atoms with van der Waals surface area (Å²) in [4.78, 5) is 4.70. The SMILES string of the molecule is CCN=C(NC(C)c1ccccc1)NC1C2CCOC2C12CCC2. The van der Waals surface area contributed by atoms with Crippen LogP contribution in [0.25, 0.3) is 0 Å². The van der Waals surface area contributed by atoms with Crippen molar-refractivity contribution in [2.24, 2.45) is 16.3 Å². The number of benzene rings is 1. The van der Waals surface area contributed by atoms with E-state index in [4.69, 9.17) is 9.73 Å². The number of fused-ring (bicyclic) bond motifs is 2. The van der Waals surface area contributed by atoms with Crippen LogP contribution in [0, 0.1) is 11.3 Å². The van der Waals surface area contributed by atoms with Crippen LogP contribution in [0.4, 0.5) is 0 Å². The van der Waals surface area contributed by atoms with Crippen molar-refractivity contribution in [1.82, 2.24) is 10.6 Å². The van der Waals surface area contributed by atoms with Gasteiger partial charge in [-0.3, -0.25) is 4.99 Å². The van der Waals surface area contributed by atoms with Gasteiger partial charge in [0, 0.05) is 30.5 Å². The number of guanidine groups is 1. The van der Waals surface area contributed by atoms with Gasteiger partial charge in [-0.15, -0.1) is 0 Å². The first kappa shape index (κ1) is 15.9. The largest absolute Gasteiger partial charge is 0.377 e. The molecule has 4 rings (SSSR count). The minimum atomic E-state index is 0.247. The summed E-state index contributed by atoms with van der Waals surface area (Å²) in [5.41, 5.74) is 1.67. The molecule has 1 aromatic carbocycles. The van der Waals surface area contributed by atoms with Crippen LogP contribution >= 0.6 is 0 Å². The van der Waals surface area contributed by atoms with E-state index < -0.39 is 0 Å². The molecular weight excluding hydrogens is 298 g/mol. The second-order valence-corrected chi connectivity index (χ2v) is 7.55. The van der Waals surface area contributed by atoms with E-state index in [0.717, 1.165) is 19.1 Å². The quantitative estimate of drug-likeness (QED) is 0.659. The first-order valence-corrected chi connectivity index (χ1v) is 9.48. The standard InChI is InChI=1S/C20H29N3O/c1-3-21-19(22-14(2)15-8-5-4-6-9-15)23-17-16-10-13-24-18(16)20(17)11-7-12-20/h4-6,8-9,14,16-18H,3,7,10-13H2,1-2H3,(H2,21,22,23). The molecule has 3 aliphatic rings. The molecule has 1 spiro atoms. The molecule has 4 unspecified atom stereocenters. The van der Waals surface area contributed by atoms with Crippen molar-refractivity contribution in [2.45, 2.75) is 57.7 Å². The van der Waals surface area contributed by atoms with Gasteiger partial charge in [0.25, 0.3) is 0 Å². The van der Waals surface area contributed by atoms with Gasteiger partial charge in [0.05, 0.1) is 12.1 Å². The number of ether oxygens (including phenoxy) is 1. The zero-order valence-corrected chi connectivity index (χ0v) is 14.8. The molecule has 0 bridgehead atoms. The van der Waals surface area contributed by atoms with E-state index in [0.29, 0.717) is 23.5 Å². The van der Waals surface area contributed by atoms with Crippen LogP contribution in [-0.2, 0) is 4.74 Å². The highest BCUT2D eigenvalue weighted by atomic mass is 16.5. The predicted molar refractivity (Wildman–Crippen MR) is 97.0 cm³/mol. The fourth-order valence-corrected chi connectivity index (χ4v) is 4.92. The van der Waals surface area contributed by atoms with Gasteiger partial charge in [-0.25, -0.2) is 0 Å². The molecular formula is C20H29N3O. The maximum Gasteiger partial charge on any atom is 0.191 e. The minimum Gasteiger partial charge on any atom is -0.377 e. The van der Waals surface area contributed by atoms with Gasteiger partial charge in [0.15, 0.2) is 5.96 Å². The highest BCUT2D eigenvalue weighted by Crippen LogP contribution is 2.62. The van der Waals surface area contributed by atoms with E-state index in [-0.39, 0.29) is 6.04 Å². The fraction of sp³-hybridized carbons (Fsp3) is 0.650. The number of aliphatic imine (C=N–C) groups is 1. The van der Waals surface area contributed by atoms with Gasteiger partial charge in [0.2, 0.25) is 0 Å². The molecule has 1 aromatic rings. The normalized spacial score (nSPS) is 31.8. The number of rotatable bonds is 4. The Morgan fingerprint density at radius 2 is 2.12 bits per heavy atom. The summed E-state index contributed by atoms with van der Waals surface area (Å²) in [5.74, 6) is 1.62. The van der Waals surface area contributed by atoms with E-state index in [2.05, 4.69) is 54.8 Å². The molecule has 0 radical (unpaired) electrons. The number of hydrogen-bond donors (Lipinski definition) is 2. The van der Waals surface area contributed by atoms with Crippen molar-refractivity contribution >= 4 is 5.96 Å².